The van der Waals surface area contributed by atoms with Crippen LogP contribution in [0.25, 0.3) is 0 Å². The van der Waals surface area contributed by atoms with Crippen molar-refractivity contribution in [1.82, 2.24) is 10.2 Å². The fourth-order valence-electron chi connectivity index (χ4n) is 1.97. The van der Waals surface area contributed by atoms with Crippen LogP contribution in [0, 0.1) is 0 Å². The lowest BCUT2D eigenvalue weighted by Gasteiger charge is -2.19. The highest BCUT2D eigenvalue weighted by Crippen LogP contribution is 2.18. The lowest BCUT2D eigenvalue weighted by Crippen LogP contribution is -2.24. The van der Waals surface area contributed by atoms with Gasteiger partial charge in [-0.05, 0) is 44.6 Å². The second-order valence-electron chi connectivity index (χ2n) is 4.42. The van der Waals surface area contributed by atoms with E-state index < -0.39 is 0 Å². The molecule has 1 N–H and O–H groups in total. The Morgan fingerprint density at radius 3 is 2.29 bits per heavy atom. The van der Waals surface area contributed by atoms with E-state index in [0.29, 0.717) is 0 Å². The maximum Gasteiger partial charge on any atom is 0.0328 e. The topological polar surface area (TPSA) is 15.3 Å². The van der Waals surface area contributed by atoms with E-state index in [4.69, 9.17) is 0 Å². The average Bonchev–Trinajstić information content (AvgIpc) is 2.75. The van der Waals surface area contributed by atoms with Crippen LogP contribution in [0.3, 0.4) is 0 Å². The molecule has 3 heteroatoms. The third-order valence-corrected chi connectivity index (χ3v) is 3.80. The van der Waals surface area contributed by atoms with E-state index in [0.717, 1.165) is 19.6 Å². The molecule has 1 heterocycles. The molecule has 0 amide bonds. The molecule has 0 aliphatic rings. The summed E-state index contributed by atoms with van der Waals surface area (Å²) in [5.74, 6) is 0. The Kier molecular flexibility index (Phi) is 7.49. The van der Waals surface area contributed by atoms with Crippen LogP contribution in [-0.2, 0) is 13.1 Å². The first-order valence-corrected chi connectivity index (χ1v) is 7.62. The van der Waals surface area contributed by atoms with E-state index in [9.17, 15) is 0 Å². The Morgan fingerprint density at radius 1 is 1.06 bits per heavy atom. The molecule has 0 saturated carbocycles. The summed E-state index contributed by atoms with van der Waals surface area (Å²) in [6, 6.07) is 4.55. The Morgan fingerprint density at radius 2 is 1.71 bits per heavy atom. The minimum absolute atomic E-state index is 1.02. The first-order chi connectivity index (χ1) is 8.30. The molecule has 0 bridgehead atoms. The maximum absolute atomic E-state index is 3.38. The Bertz CT molecular complexity index is 290. The van der Waals surface area contributed by atoms with E-state index in [1.165, 1.54) is 35.7 Å². The maximum atomic E-state index is 3.38. The van der Waals surface area contributed by atoms with Crippen molar-refractivity contribution < 1.29 is 0 Å². The van der Waals surface area contributed by atoms with E-state index in [-0.39, 0.29) is 0 Å². The second kappa shape index (κ2) is 8.67. The molecule has 1 aromatic heterocycles. The fourth-order valence-corrected chi connectivity index (χ4v) is 3.00. The zero-order chi connectivity index (χ0) is 12.5. The van der Waals surface area contributed by atoms with Crippen LogP contribution >= 0.6 is 11.3 Å². The van der Waals surface area contributed by atoms with E-state index >= 15 is 0 Å². The minimum atomic E-state index is 1.02. The van der Waals surface area contributed by atoms with Crippen molar-refractivity contribution in [2.24, 2.45) is 0 Å². The molecule has 0 fully saturated rings. The number of rotatable bonds is 9. The molecule has 0 aromatic carbocycles. The molecule has 0 unspecified atom stereocenters. The number of hydrogen-bond acceptors (Lipinski definition) is 3. The molecule has 1 aromatic rings. The van der Waals surface area contributed by atoms with Gasteiger partial charge >= 0.3 is 0 Å². The molecule has 0 aliphatic heterocycles. The van der Waals surface area contributed by atoms with Gasteiger partial charge in [-0.25, -0.2) is 0 Å². The van der Waals surface area contributed by atoms with Gasteiger partial charge in [0.2, 0.25) is 0 Å². The van der Waals surface area contributed by atoms with Crippen molar-refractivity contribution in [1.29, 1.82) is 0 Å². The average molecular weight is 254 g/mol. The van der Waals surface area contributed by atoms with Gasteiger partial charge in [0.25, 0.3) is 0 Å². The van der Waals surface area contributed by atoms with Crippen molar-refractivity contribution in [3.8, 4) is 0 Å². The smallest absolute Gasteiger partial charge is 0.0328 e. The van der Waals surface area contributed by atoms with E-state index in [1.807, 2.05) is 11.3 Å². The molecule has 2 nitrogen and oxygen atoms in total. The molecule has 0 aliphatic carbocycles. The molecular weight excluding hydrogens is 228 g/mol. The van der Waals surface area contributed by atoms with Crippen LogP contribution in [0.15, 0.2) is 12.1 Å². The summed E-state index contributed by atoms with van der Waals surface area (Å²) in [5.41, 5.74) is 0. The van der Waals surface area contributed by atoms with Crippen molar-refractivity contribution >= 4 is 11.3 Å². The summed E-state index contributed by atoms with van der Waals surface area (Å²) in [6.07, 6.45) is 2.49. The SMILES string of the molecule is CCCN(CCC)Cc1ccc(CNCC)s1. The second-order valence-corrected chi connectivity index (χ2v) is 5.68. The van der Waals surface area contributed by atoms with Crippen LogP contribution in [0.4, 0.5) is 0 Å². The normalized spacial score (nSPS) is 11.3. The lowest BCUT2D eigenvalue weighted by molar-refractivity contribution is 0.269. The highest BCUT2D eigenvalue weighted by molar-refractivity contribution is 7.11. The molecule has 17 heavy (non-hydrogen) atoms. The predicted octanol–water partition coefficient (Wildman–Crippen LogP) is 3.48. The minimum Gasteiger partial charge on any atom is -0.312 e. The zero-order valence-corrected chi connectivity index (χ0v) is 12.3. The van der Waals surface area contributed by atoms with Crippen molar-refractivity contribution in [3.63, 3.8) is 0 Å². The van der Waals surface area contributed by atoms with Gasteiger partial charge in [0.15, 0.2) is 0 Å². The lowest BCUT2D eigenvalue weighted by atomic mass is 10.3. The predicted molar refractivity (Wildman–Crippen MR) is 77.6 cm³/mol. The Hall–Kier alpha value is -0.380. The highest BCUT2D eigenvalue weighted by atomic mass is 32.1. The summed E-state index contributed by atoms with van der Waals surface area (Å²) >= 11 is 1.95. The largest absolute Gasteiger partial charge is 0.312 e. The van der Waals surface area contributed by atoms with Crippen LogP contribution in [0.5, 0.6) is 0 Å². The highest BCUT2D eigenvalue weighted by Gasteiger charge is 2.06. The number of nitrogens with zero attached hydrogens (tertiary/aromatic N) is 1. The number of thiophene rings is 1. The van der Waals surface area contributed by atoms with Crippen molar-refractivity contribution in [2.45, 2.75) is 46.7 Å². The van der Waals surface area contributed by atoms with Gasteiger partial charge in [-0.2, -0.15) is 0 Å². The summed E-state index contributed by atoms with van der Waals surface area (Å²) in [6.45, 7) is 12.3. The van der Waals surface area contributed by atoms with E-state index in [1.54, 1.807) is 0 Å². The van der Waals surface area contributed by atoms with Gasteiger partial charge in [0.05, 0.1) is 0 Å². The summed E-state index contributed by atoms with van der Waals surface area (Å²) < 4.78 is 0. The standard InChI is InChI=1S/C14H26N2S/c1-4-9-16(10-5-2)12-14-8-7-13(17-14)11-15-6-3/h7-8,15H,4-6,9-12H2,1-3H3. The molecular formula is C14H26N2S. The molecule has 98 valence electrons. The first-order valence-electron chi connectivity index (χ1n) is 6.80. The van der Waals surface area contributed by atoms with Gasteiger partial charge in [0, 0.05) is 22.8 Å². The zero-order valence-electron chi connectivity index (χ0n) is 11.5. The number of hydrogen-bond donors (Lipinski definition) is 1. The summed E-state index contributed by atoms with van der Waals surface area (Å²) in [7, 11) is 0. The van der Waals surface area contributed by atoms with Crippen LogP contribution < -0.4 is 5.32 Å². The number of nitrogens with one attached hydrogen (secondary N) is 1. The molecule has 0 atom stereocenters. The van der Waals surface area contributed by atoms with Crippen LogP contribution in [-0.4, -0.2) is 24.5 Å². The van der Waals surface area contributed by atoms with Crippen molar-refractivity contribution in [3.05, 3.63) is 21.9 Å². The van der Waals surface area contributed by atoms with Gasteiger partial charge in [-0.15, -0.1) is 11.3 Å². The van der Waals surface area contributed by atoms with Crippen LogP contribution in [0.2, 0.25) is 0 Å². The van der Waals surface area contributed by atoms with Crippen molar-refractivity contribution in [2.75, 3.05) is 19.6 Å². The van der Waals surface area contributed by atoms with Gasteiger partial charge in [-0.1, -0.05) is 20.8 Å². The molecule has 0 spiro atoms. The van der Waals surface area contributed by atoms with Gasteiger partial charge < -0.3 is 5.32 Å². The molecule has 0 radical (unpaired) electrons. The van der Waals surface area contributed by atoms with Gasteiger partial charge in [-0.3, -0.25) is 4.90 Å². The molecule has 1 rings (SSSR count). The third kappa shape index (κ3) is 5.66. The Balaban J connectivity index is 2.45. The van der Waals surface area contributed by atoms with E-state index in [2.05, 4.69) is 43.1 Å². The van der Waals surface area contributed by atoms with Gasteiger partial charge in [0.1, 0.15) is 0 Å². The quantitative estimate of drug-likeness (QED) is 0.726. The van der Waals surface area contributed by atoms with Crippen LogP contribution in [0.1, 0.15) is 43.4 Å². The first kappa shape index (κ1) is 14.7. The fraction of sp³-hybridized carbons (Fsp3) is 0.714. The Labute approximate surface area is 110 Å². The summed E-state index contributed by atoms with van der Waals surface area (Å²) in [4.78, 5) is 5.51. The summed E-state index contributed by atoms with van der Waals surface area (Å²) in [5, 5.41) is 3.38. The third-order valence-electron chi connectivity index (χ3n) is 2.73. The molecule has 0 saturated heterocycles. The monoisotopic (exact) mass is 254 g/mol.